The third-order valence-electron chi connectivity index (χ3n) is 3.39. The fourth-order valence-electron chi connectivity index (χ4n) is 2.35. The van der Waals surface area contributed by atoms with Crippen LogP contribution in [0.25, 0.3) is 10.9 Å². The number of fused-ring (bicyclic) bond motifs is 1. The smallest absolute Gasteiger partial charge is 0.234 e. The van der Waals surface area contributed by atoms with Gasteiger partial charge in [0.25, 0.3) is 0 Å². The summed E-state index contributed by atoms with van der Waals surface area (Å²) in [6.07, 6.45) is 0. The quantitative estimate of drug-likeness (QED) is 0.723. The molecule has 0 aliphatic carbocycles. The first kappa shape index (κ1) is 16.6. The summed E-state index contributed by atoms with van der Waals surface area (Å²) < 4.78 is 0. The number of para-hydroxylation sites is 1. The van der Waals surface area contributed by atoms with Crippen molar-refractivity contribution in [2.45, 2.75) is 5.75 Å². The third kappa shape index (κ3) is 4.19. The van der Waals surface area contributed by atoms with E-state index in [1.54, 1.807) is 36.4 Å². The average molecular weight is 359 g/mol. The number of H-pyrrole nitrogens is 1. The van der Waals surface area contributed by atoms with E-state index >= 15 is 0 Å². The summed E-state index contributed by atoms with van der Waals surface area (Å²) in [5, 5.41) is 4.04. The van der Waals surface area contributed by atoms with Crippen molar-refractivity contribution in [3.05, 3.63) is 75.5 Å². The van der Waals surface area contributed by atoms with Crippen molar-refractivity contribution in [2.75, 3.05) is 11.1 Å². The van der Waals surface area contributed by atoms with Gasteiger partial charge in [-0.1, -0.05) is 29.8 Å². The molecular formula is C18H15ClN2O2S. The van der Waals surface area contributed by atoms with Crippen LogP contribution >= 0.6 is 23.4 Å². The Labute approximate surface area is 148 Å². The number of pyridine rings is 1. The summed E-state index contributed by atoms with van der Waals surface area (Å²) in [7, 11) is 0. The van der Waals surface area contributed by atoms with E-state index in [1.807, 2.05) is 18.2 Å². The molecule has 0 radical (unpaired) electrons. The number of hydrogen-bond acceptors (Lipinski definition) is 3. The van der Waals surface area contributed by atoms with Gasteiger partial charge in [0.15, 0.2) is 5.43 Å². The Kier molecular flexibility index (Phi) is 5.23. The minimum Gasteiger partial charge on any atom is -0.357 e. The fourth-order valence-corrected chi connectivity index (χ4v) is 3.27. The molecule has 0 saturated heterocycles. The van der Waals surface area contributed by atoms with Crippen molar-refractivity contribution >= 4 is 45.9 Å². The van der Waals surface area contributed by atoms with Crippen LogP contribution in [0.5, 0.6) is 0 Å². The number of nitrogens with one attached hydrogen (secondary N) is 2. The molecule has 0 fully saturated rings. The SMILES string of the molecule is O=C(CSCc1cc(=O)c2ccccc2[nH]1)Nc1cccc(Cl)c1. The molecule has 0 spiro atoms. The zero-order valence-electron chi connectivity index (χ0n) is 12.7. The molecule has 1 aromatic heterocycles. The van der Waals surface area contributed by atoms with E-state index in [2.05, 4.69) is 10.3 Å². The van der Waals surface area contributed by atoms with Gasteiger partial charge in [-0.15, -0.1) is 11.8 Å². The first-order valence-electron chi connectivity index (χ1n) is 7.36. The van der Waals surface area contributed by atoms with E-state index in [0.29, 0.717) is 27.6 Å². The molecule has 24 heavy (non-hydrogen) atoms. The van der Waals surface area contributed by atoms with Crippen LogP contribution in [0.4, 0.5) is 5.69 Å². The molecule has 1 amide bonds. The second kappa shape index (κ2) is 7.55. The van der Waals surface area contributed by atoms with E-state index in [9.17, 15) is 9.59 Å². The zero-order valence-corrected chi connectivity index (χ0v) is 14.3. The first-order chi connectivity index (χ1) is 11.6. The van der Waals surface area contributed by atoms with E-state index < -0.39 is 0 Å². The number of anilines is 1. The highest BCUT2D eigenvalue weighted by Crippen LogP contribution is 2.16. The van der Waals surface area contributed by atoms with Gasteiger partial charge in [-0.05, 0) is 30.3 Å². The lowest BCUT2D eigenvalue weighted by molar-refractivity contribution is -0.113. The molecule has 0 bridgehead atoms. The lowest BCUT2D eigenvalue weighted by Gasteiger charge is -2.06. The van der Waals surface area contributed by atoms with Gasteiger partial charge in [0.2, 0.25) is 5.91 Å². The van der Waals surface area contributed by atoms with Crippen LogP contribution in [0.2, 0.25) is 5.02 Å². The summed E-state index contributed by atoms with van der Waals surface area (Å²) in [5.41, 5.74) is 2.28. The summed E-state index contributed by atoms with van der Waals surface area (Å²) in [6, 6.07) is 16.0. The molecule has 122 valence electrons. The molecule has 0 atom stereocenters. The molecule has 0 saturated carbocycles. The van der Waals surface area contributed by atoms with E-state index in [1.165, 1.54) is 11.8 Å². The van der Waals surface area contributed by atoms with Gasteiger partial charge >= 0.3 is 0 Å². The van der Waals surface area contributed by atoms with Gasteiger partial charge in [-0.3, -0.25) is 9.59 Å². The topological polar surface area (TPSA) is 62.0 Å². The summed E-state index contributed by atoms with van der Waals surface area (Å²) in [4.78, 5) is 27.2. The Morgan fingerprint density at radius 1 is 1.12 bits per heavy atom. The number of carbonyl (C=O) groups is 1. The van der Waals surface area contributed by atoms with Crippen molar-refractivity contribution in [2.24, 2.45) is 0 Å². The highest BCUT2D eigenvalue weighted by Gasteiger charge is 2.05. The van der Waals surface area contributed by atoms with Crippen LogP contribution < -0.4 is 10.7 Å². The Balaban J connectivity index is 1.58. The maximum Gasteiger partial charge on any atom is 0.234 e. The fraction of sp³-hybridized carbons (Fsp3) is 0.111. The molecular weight excluding hydrogens is 344 g/mol. The van der Waals surface area contributed by atoms with Gasteiger partial charge in [-0.2, -0.15) is 0 Å². The lowest BCUT2D eigenvalue weighted by atomic mass is 10.2. The molecule has 0 aliphatic heterocycles. The highest BCUT2D eigenvalue weighted by molar-refractivity contribution is 7.99. The molecule has 2 N–H and O–H groups in total. The van der Waals surface area contributed by atoms with Crippen molar-refractivity contribution in [3.8, 4) is 0 Å². The maximum atomic E-state index is 12.0. The second-order valence-corrected chi connectivity index (χ2v) is 6.68. The Morgan fingerprint density at radius 2 is 1.96 bits per heavy atom. The molecule has 3 aromatic rings. The van der Waals surface area contributed by atoms with E-state index in [0.717, 1.165) is 11.2 Å². The minimum atomic E-state index is -0.106. The number of benzene rings is 2. The number of thioether (sulfide) groups is 1. The van der Waals surface area contributed by atoms with Crippen LogP contribution in [0.1, 0.15) is 5.69 Å². The number of rotatable bonds is 5. The number of halogens is 1. The van der Waals surface area contributed by atoms with Crippen molar-refractivity contribution in [3.63, 3.8) is 0 Å². The maximum absolute atomic E-state index is 12.0. The number of amides is 1. The standard InChI is InChI=1S/C18H15ClN2O2S/c19-12-4-3-5-13(8-12)21-18(23)11-24-10-14-9-17(22)15-6-1-2-7-16(15)20-14/h1-9H,10-11H2,(H,20,22)(H,21,23). The molecule has 6 heteroatoms. The predicted molar refractivity (Wildman–Crippen MR) is 101 cm³/mol. The van der Waals surface area contributed by atoms with Crippen LogP contribution in [0.3, 0.4) is 0 Å². The molecule has 1 heterocycles. The van der Waals surface area contributed by atoms with E-state index in [4.69, 9.17) is 11.6 Å². The molecule has 2 aromatic carbocycles. The molecule has 3 rings (SSSR count). The Bertz CT molecular complexity index is 939. The van der Waals surface area contributed by atoms with Gasteiger partial charge in [0, 0.05) is 39.1 Å². The second-order valence-electron chi connectivity index (χ2n) is 5.26. The van der Waals surface area contributed by atoms with Crippen molar-refractivity contribution < 1.29 is 4.79 Å². The summed E-state index contributed by atoms with van der Waals surface area (Å²) >= 11 is 7.32. The molecule has 0 unspecified atom stereocenters. The van der Waals surface area contributed by atoms with Crippen molar-refractivity contribution in [1.82, 2.24) is 4.98 Å². The Morgan fingerprint density at radius 3 is 2.79 bits per heavy atom. The largest absolute Gasteiger partial charge is 0.357 e. The van der Waals surface area contributed by atoms with Gasteiger partial charge < -0.3 is 10.3 Å². The monoisotopic (exact) mass is 358 g/mol. The summed E-state index contributed by atoms with van der Waals surface area (Å²) in [5.74, 6) is 0.745. The molecule has 0 aliphatic rings. The van der Waals surface area contributed by atoms with Gasteiger partial charge in [-0.25, -0.2) is 0 Å². The number of carbonyl (C=O) groups excluding carboxylic acids is 1. The van der Waals surface area contributed by atoms with Crippen LogP contribution in [0.15, 0.2) is 59.4 Å². The lowest BCUT2D eigenvalue weighted by Crippen LogP contribution is -2.14. The zero-order chi connectivity index (χ0) is 16.9. The van der Waals surface area contributed by atoms with Gasteiger partial charge in [0.05, 0.1) is 5.75 Å². The number of hydrogen-bond donors (Lipinski definition) is 2. The highest BCUT2D eigenvalue weighted by atomic mass is 35.5. The van der Waals surface area contributed by atoms with Crippen LogP contribution in [0, 0.1) is 0 Å². The number of aromatic amines is 1. The number of aromatic nitrogens is 1. The summed E-state index contributed by atoms with van der Waals surface area (Å²) in [6.45, 7) is 0. The third-order valence-corrected chi connectivity index (χ3v) is 4.61. The normalized spacial score (nSPS) is 10.7. The Hall–Kier alpha value is -2.24. The van der Waals surface area contributed by atoms with Crippen LogP contribution in [-0.2, 0) is 10.5 Å². The van der Waals surface area contributed by atoms with Gasteiger partial charge in [0.1, 0.15) is 0 Å². The average Bonchev–Trinajstić information content (AvgIpc) is 2.55. The first-order valence-corrected chi connectivity index (χ1v) is 8.89. The predicted octanol–water partition coefficient (Wildman–Crippen LogP) is 4.05. The van der Waals surface area contributed by atoms with Crippen molar-refractivity contribution in [1.29, 1.82) is 0 Å². The molecule has 4 nitrogen and oxygen atoms in total. The minimum absolute atomic E-state index is 0.0108. The van der Waals surface area contributed by atoms with Crippen LogP contribution in [-0.4, -0.2) is 16.6 Å². The van der Waals surface area contributed by atoms with E-state index in [-0.39, 0.29) is 11.3 Å².